The molecule has 2 saturated heterocycles. The Labute approximate surface area is 218 Å². The number of amides is 1. The van der Waals surface area contributed by atoms with E-state index in [2.05, 4.69) is 33.3 Å². The highest BCUT2D eigenvalue weighted by Gasteiger charge is 2.29. The zero-order valence-corrected chi connectivity index (χ0v) is 21.6. The summed E-state index contributed by atoms with van der Waals surface area (Å²) in [6.07, 6.45) is 4.78. The molecule has 6 heteroatoms. The Morgan fingerprint density at radius 3 is 2.49 bits per heavy atom. The van der Waals surface area contributed by atoms with Gasteiger partial charge in [0, 0.05) is 31.2 Å². The summed E-state index contributed by atoms with van der Waals surface area (Å²) >= 11 is 12.2. The average Bonchev–Trinajstić information content (AvgIpc) is 2.90. The first-order valence-corrected chi connectivity index (χ1v) is 13.5. The van der Waals surface area contributed by atoms with E-state index >= 15 is 0 Å². The predicted octanol–water partition coefficient (Wildman–Crippen LogP) is 6.25. The van der Waals surface area contributed by atoms with Gasteiger partial charge in [-0.05, 0) is 91.8 Å². The van der Waals surface area contributed by atoms with E-state index in [-0.39, 0.29) is 5.91 Å². The normalized spacial score (nSPS) is 20.2. The van der Waals surface area contributed by atoms with Crippen LogP contribution < -0.4 is 5.32 Å². The summed E-state index contributed by atoms with van der Waals surface area (Å²) in [6, 6.07) is 20.7. The average molecular weight is 511 g/mol. The summed E-state index contributed by atoms with van der Waals surface area (Å²) in [7, 11) is 0. The molecule has 4 nitrogen and oxygen atoms in total. The lowest BCUT2D eigenvalue weighted by Crippen LogP contribution is -2.49. The van der Waals surface area contributed by atoms with Gasteiger partial charge in [0.25, 0.3) is 5.91 Å². The molecule has 1 N–H and O–H groups in total. The quantitative estimate of drug-likeness (QED) is 0.426. The minimum Gasteiger partial charge on any atom is -0.352 e. The lowest BCUT2D eigenvalue weighted by atomic mass is 9.93. The fraction of sp³-hybridized carbons (Fsp3) is 0.414. The largest absolute Gasteiger partial charge is 0.352 e. The smallest absolute Gasteiger partial charge is 0.251 e. The third-order valence-corrected chi connectivity index (χ3v) is 8.32. The second kappa shape index (κ2) is 11.3. The van der Waals surface area contributed by atoms with Crippen LogP contribution >= 0.6 is 23.2 Å². The molecule has 2 fully saturated rings. The van der Waals surface area contributed by atoms with Gasteiger partial charge in [-0.25, -0.2) is 0 Å². The van der Waals surface area contributed by atoms with Crippen LogP contribution in [0.15, 0.2) is 60.7 Å². The van der Waals surface area contributed by atoms with E-state index < -0.39 is 0 Å². The number of fused-ring (bicyclic) bond motifs is 1. The number of carbonyl (C=O) groups is 1. The van der Waals surface area contributed by atoms with Crippen LogP contribution in [0.5, 0.6) is 0 Å². The Morgan fingerprint density at radius 1 is 0.886 bits per heavy atom. The maximum Gasteiger partial charge on any atom is 0.251 e. The van der Waals surface area contributed by atoms with Crippen molar-refractivity contribution in [1.29, 1.82) is 0 Å². The molecule has 0 radical (unpaired) electrons. The molecule has 0 aromatic heterocycles. The van der Waals surface area contributed by atoms with E-state index in [4.69, 9.17) is 23.2 Å². The minimum atomic E-state index is 0.0310. The molecule has 1 atom stereocenters. The maximum absolute atomic E-state index is 12.8. The molecule has 0 bridgehead atoms. The number of hydrogen-bond acceptors (Lipinski definition) is 3. The molecule has 3 aromatic rings. The van der Waals surface area contributed by atoms with Crippen molar-refractivity contribution in [3.05, 3.63) is 81.8 Å². The fourth-order valence-electron chi connectivity index (χ4n) is 5.60. The van der Waals surface area contributed by atoms with Crippen LogP contribution in [-0.4, -0.2) is 54.5 Å². The highest BCUT2D eigenvalue weighted by Crippen LogP contribution is 2.26. The van der Waals surface area contributed by atoms with Crippen molar-refractivity contribution < 1.29 is 4.79 Å². The van der Waals surface area contributed by atoms with Gasteiger partial charge in [-0.2, -0.15) is 0 Å². The van der Waals surface area contributed by atoms with Crippen LogP contribution in [0.25, 0.3) is 10.8 Å². The fourth-order valence-corrected chi connectivity index (χ4v) is 5.92. The molecule has 0 spiro atoms. The highest BCUT2D eigenvalue weighted by atomic mass is 35.5. The van der Waals surface area contributed by atoms with Gasteiger partial charge >= 0.3 is 0 Å². The van der Waals surface area contributed by atoms with Gasteiger partial charge in [0.05, 0.1) is 10.0 Å². The van der Waals surface area contributed by atoms with Crippen LogP contribution in [0.1, 0.15) is 41.6 Å². The van der Waals surface area contributed by atoms with E-state index in [1.54, 1.807) is 0 Å². The van der Waals surface area contributed by atoms with Gasteiger partial charge in [0.1, 0.15) is 0 Å². The first kappa shape index (κ1) is 24.6. The molecule has 2 aliphatic rings. The van der Waals surface area contributed by atoms with Gasteiger partial charge < -0.3 is 5.32 Å². The molecule has 35 heavy (non-hydrogen) atoms. The number of rotatable bonds is 6. The highest BCUT2D eigenvalue weighted by molar-refractivity contribution is 6.42. The van der Waals surface area contributed by atoms with Crippen LogP contribution in [0.4, 0.5) is 0 Å². The van der Waals surface area contributed by atoms with Gasteiger partial charge in [-0.1, -0.05) is 59.6 Å². The van der Waals surface area contributed by atoms with Gasteiger partial charge in [-0.15, -0.1) is 0 Å². The molecule has 2 aliphatic heterocycles. The first-order valence-electron chi connectivity index (χ1n) is 12.7. The Kier molecular flexibility index (Phi) is 7.94. The topological polar surface area (TPSA) is 35.6 Å². The second-order valence-electron chi connectivity index (χ2n) is 10.0. The number of nitrogens with one attached hydrogen (secondary N) is 1. The molecule has 3 aromatic carbocycles. The summed E-state index contributed by atoms with van der Waals surface area (Å²) in [4.78, 5) is 18.0. The van der Waals surface area contributed by atoms with E-state index in [1.807, 2.05) is 42.5 Å². The summed E-state index contributed by atoms with van der Waals surface area (Å²) in [5, 5.41) is 6.72. The van der Waals surface area contributed by atoms with Crippen LogP contribution in [0.2, 0.25) is 10.0 Å². The third-order valence-electron chi connectivity index (χ3n) is 7.58. The predicted molar refractivity (Wildman–Crippen MR) is 145 cm³/mol. The van der Waals surface area contributed by atoms with Crippen molar-refractivity contribution in [3.63, 3.8) is 0 Å². The Morgan fingerprint density at radius 2 is 1.69 bits per heavy atom. The van der Waals surface area contributed by atoms with E-state index in [0.717, 1.165) is 49.1 Å². The van der Waals surface area contributed by atoms with Crippen LogP contribution in [-0.2, 0) is 6.54 Å². The number of benzene rings is 3. The van der Waals surface area contributed by atoms with Gasteiger partial charge in [-0.3, -0.25) is 14.6 Å². The lowest BCUT2D eigenvalue weighted by Gasteiger charge is -2.42. The Bertz CT molecular complexity index is 1180. The SMILES string of the molecule is O=C(NCC1CCCN(C2CCN(Cc3ccc(Cl)c(Cl)c3)CC2)C1)c1ccc2ccccc2c1. The lowest BCUT2D eigenvalue weighted by molar-refractivity contribution is 0.0675. The molecular formula is C29H33Cl2N3O. The number of piperidine rings is 2. The molecule has 184 valence electrons. The zero-order chi connectivity index (χ0) is 24.2. The molecule has 1 amide bonds. The van der Waals surface area contributed by atoms with Crippen molar-refractivity contribution in [2.45, 2.75) is 38.3 Å². The zero-order valence-electron chi connectivity index (χ0n) is 20.1. The minimum absolute atomic E-state index is 0.0310. The third kappa shape index (κ3) is 6.18. The van der Waals surface area contributed by atoms with Crippen molar-refractivity contribution in [2.24, 2.45) is 5.92 Å². The summed E-state index contributed by atoms with van der Waals surface area (Å²) in [5.74, 6) is 0.547. The van der Waals surface area contributed by atoms with Gasteiger partial charge in [0.2, 0.25) is 0 Å². The van der Waals surface area contributed by atoms with E-state index in [9.17, 15) is 4.79 Å². The van der Waals surface area contributed by atoms with Crippen molar-refractivity contribution in [3.8, 4) is 0 Å². The molecule has 2 heterocycles. The maximum atomic E-state index is 12.8. The number of carbonyl (C=O) groups excluding carboxylic acids is 1. The van der Waals surface area contributed by atoms with E-state index in [0.29, 0.717) is 22.0 Å². The molecule has 0 aliphatic carbocycles. The standard InChI is InChI=1S/C29H33Cl2N3O/c30-27-10-7-21(16-28(27)31)19-33-14-11-26(12-15-33)34-13-3-4-22(20-34)18-32-29(35)25-9-8-23-5-1-2-6-24(23)17-25/h1-2,5-10,16-17,22,26H,3-4,11-15,18-20H2,(H,32,35). The molecule has 1 unspecified atom stereocenters. The summed E-state index contributed by atoms with van der Waals surface area (Å²) in [5.41, 5.74) is 1.96. The van der Waals surface area contributed by atoms with Crippen molar-refractivity contribution >= 4 is 39.9 Å². The Balaban J connectivity index is 1.09. The van der Waals surface area contributed by atoms with Crippen molar-refractivity contribution in [1.82, 2.24) is 15.1 Å². The Hall–Kier alpha value is -2.11. The van der Waals surface area contributed by atoms with Crippen LogP contribution in [0, 0.1) is 5.92 Å². The molecule has 0 saturated carbocycles. The van der Waals surface area contributed by atoms with E-state index in [1.165, 1.54) is 37.8 Å². The number of nitrogens with zero attached hydrogens (tertiary/aromatic N) is 2. The van der Waals surface area contributed by atoms with Gasteiger partial charge in [0.15, 0.2) is 0 Å². The summed E-state index contributed by atoms with van der Waals surface area (Å²) < 4.78 is 0. The number of likely N-dealkylation sites (tertiary alicyclic amines) is 2. The number of halogens is 2. The van der Waals surface area contributed by atoms with Crippen molar-refractivity contribution in [2.75, 3.05) is 32.7 Å². The van der Waals surface area contributed by atoms with Crippen LogP contribution in [0.3, 0.4) is 0 Å². The first-order chi connectivity index (χ1) is 17.0. The monoisotopic (exact) mass is 509 g/mol. The molecular weight excluding hydrogens is 477 g/mol. The summed E-state index contributed by atoms with van der Waals surface area (Å²) in [6.45, 7) is 6.13. The second-order valence-corrected chi connectivity index (χ2v) is 10.8. The number of hydrogen-bond donors (Lipinski definition) is 1. The molecule has 5 rings (SSSR count).